The Hall–Kier alpha value is -1.23. The third-order valence-electron chi connectivity index (χ3n) is 0.669. The number of hydrogen-bond donors (Lipinski definition) is 0. The second kappa shape index (κ2) is 4.92. The standard InChI is InChI=1S/C7H8NO/c1-3-5-8(7-9)6-4-2/h3H,1,5H2,2H3. The van der Waals surface area contributed by atoms with Gasteiger partial charge in [0.15, 0.2) is 0 Å². The first kappa shape index (κ1) is 7.77. The van der Waals surface area contributed by atoms with Gasteiger partial charge >= 0.3 is 6.41 Å². The van der Waals surface area contributed by atoms with E-state index in [2.05, 4.69) is 18.5 Å². The fourth-order valence-corrected chi connectivity index (χ4v) is 0.370. The Balaban J connectivity index is 3.76. The van der Waals surface area contributed by atoms with Crippen molar-refractivity contribution in [3.8, 4) is 12.0 Å². The van der Waals surface area contributed by atoms with Gasteiger partial charge in [-0.15, -0.1) is 6.58 Å². The largest absolute Gasteiger partial charge is 0.324 e. The lowest BCUT2D eigenvalue weighted by Gasteiger charge is -2.00. The van der Waals surface area contributed by atoms with Gasteiger partial charge in [-0.3, -0.25) is 9.69 Å². The van der Waals surface area contributed by atoms with E-state index in [4.69, 9.17) is 0 Å². The van der Waals surface area contributed by atoms with Crippen molar-refractivity contribution < 1.29 is 4.79 Å². The van der Waals surface area contributed by atoms with Crippen molar-refractivity contribution >= 4 is 6.41 Å². The van der Waals surface area contributed by atoms with Gasteiger partial charge in [-0.1, -0.05) is 12.0 Å². The van der Waals surface area contributed by atoms with E-state index < -0.39 is 0 Å². The van der Waals surface area contributed by atoms with Gasteiger partial charge in [-0.05, 0) is 6.92 Å². The molecule has 0 spiro atoms. The van der Waals surface area contributed by atoms with Gasteiger partial charge in [0.1, 0.15) is 0 Å². The summed E-state index contributed by atoms with van der Waals surface area (Å²) < 4.78 is 0. The molecule has 0 fully saturated rings. The van der Waals surface area contributed by atoms with E-state index in [1.165, 1.54) is 4.90 Å². The summed E-state index contributed by atoms with van der Waals surface area (Å²) in [6.45, 7) is 5.54. The molecule has 47 valence electrons. The number of hydrogen-bond acceptors (Lipinski definition) is 1. The number of amides is 1. The minimum absolute atomic E-state index is 0.435. The monoisotopic (exact) mass is 122 g/mol. The van der Waals surface area contributed by atoms with Crippen LogP contribution in [0.25, 0.3) is 0 Å². The second-order valence-corrected chi connectivity index (χ2v) is 1.35. The Morgan fingerprint density at radius 2 is 2.44 bits per heavy atom. The predicted octanol–water partition coefficient (Wildman–Crippen LogP) is 0.522. The van der Waals surface area contributed by atoms with Crippen LogP contribution in [-0.4, -0.2) is 17.9 Å². The lowest BCUT2D eigenvalue weighted by molar-refractivity contribution is 0.493. The molecule has 0 aliphatic carbocycles. The van der Waals surface area contributed by atoms with Crippen molar-refractivity contribution in [2.24, 2.45) is 0 Å². The normalized spacial score (nSPS) is 6.78. The number of nitrogens with zero attached hydrogens (tertiary/aromatic N) is 1. The second-order valence-electron chi connectivity index (χ2n) is 1.35. The average Bonchev–Trinajstić information content (AvgIpc) is 1.88. The summed E-state index contributed by atoms with van der Waals surface area (Å²) in [6, 6.07) is 2.52. The molecule has 2 nitrogen and oxygen atoms in total. The van der Waals surface area contributed by atoms with E-state index >= 15 is 0 Å². The zero-order chi connectivity index (χ0) is 7.11. The first-order valence-corrected chi connectivity index (χ1v) is 2.53. The van der Waals surface area contributed by atoms with E-state index in [0.29, 0.717) is 6.54 Å². The molecule has 0 unspecified atom stereocenters. The fraction of sp³-hybridized carbons (Fsp3) is 0.286. The van der Waals surface area contributed by atoms with Gasteiger partial charge in [0.05, 0.1) is 6.54 Å². The molecule has 0 atom stereocenters. The SMILES string of the molecule is C=CCN([C]=O)C#CC. The molecule has 0 aliphatic heterocycles. The average molecular weight is 122 g/mol. The Morgan fingerprint density at radius 1 is 1.78 bits per heavy atom. The van der Waals surface area contributed by atoms with Crippen LogP contribution in [0.1, 0.15) is 6.92 Å². The molecule has 9 heavy (non-hydrogen) atoms. The van der Waals surface area contributed by atoms with Gasteiger partial charge in [0.25, 0.3) is 0 Å². The third kappa shape index (κ3) is 3.36. The van der Waals surface area contributed by atoms with Gasteiger partial charge in [-0.2, -0.15) is 0 Å². The third-order valence-corrected chi connectivity index (χ3v) is 0.669. The molecule has 0 aromatic rings. The molecule has 0 aromatic heterocycles. The van der Waals surface area contributed by atoms with Crippen LogP contribution in [0.3, 0.4) is 0 Å². The summed E-state index contributed by atoms with van der Waals surface area (Å²) >= 11 is 0. The van der Waals surface area contributed by atoms with Crippen LogP contribution in [0.15, 0.2) is 12.7 Å². The van der Waals surface area contributed by atoms with Crippen molar-refractivity contribution in [3.63, 3.8) is 0 Å². The Kier molecular flexibility index (Phi) is 4.25. The van der Waals surface area contributed by atoms with E-state index in [0.717, 1.165) is 0 Å². The zero-order valence-electron chi connectivity index (χ0n) is 5.35. The molecule has 0 bridgehead atoms. The molecule has 0 rings (SSSR count). The van der Waals surface area contributed by atoms with E-state index in [1.54, 1.807) is 19.4 Å². The topological polar surface area (TPSA) is 20.3 Å². The number of rotatable bonds is 3. The van der Waals surface area contributed by atoms with Gasteiger partial charge in [-0.25, -0.2) is 0 Å². The lowest BCUT2D eigenvalue weighted by atomic mass is 10.6. The smallest absolute Gasteiger partial charge is 0.262 e. The van der Waals surface area contributed by atoms with E-state index in [1.807, 2.05) is 0 Å². The Morgan fingerprint density at radius 3 is 2.78 bits per heavy atom. The maximum Gasteiger partial charge on any atom is 0.324 e. The van der Waals surface area contributed by atoms with E-state index in [9.17, 15) is 4.79 Å². The Labute approximate surface area is 55.2 Å². The summed E-state index contributed by atoms with van der Waals surface area (Å²) in [4.78, 5) is 11.1. The minimum atomic E-state index is 0.435. The number of carbonyl (C=O) groups excluding carboxylic acids is 1. The van der Waals surface area contributed by atoms with Crippen LogP contribution in [0.5, 0.6) is 0 Å². The fourth-order valence-electron chi connectivity index (χ4n) is 0.370. The van der Waals surface area contributed by atoms with Crippen LogP contribution in [0.4, 0.5) is 0 Å². The summed E-state index contributed by atoms with van der Waals surface area (Å²) in [7, 11) is 0. The van der Waals surface area contributed by atoms with Gasteiger partial charge in [0, 0.05) is 6.04 Å². The molecule has 1 amide bonds. The summed E-state index contributed by atoms with van der Waals surface area (Å²) in [6.07, 6.45) is 3.23. The molecule has 0 N–H and O–H groups in total. The first-order valence-electron chi connectivity index (χ1n) is 2.53. The highest BCUT2D eigenvalue weighted by Crippen LogP contribution is 1.77. The summed E-state index contributed by atoms with van der Waals surface area (Å²) in [5.41, 5.74) is 0. The molecule has 0 aromatic carbocycles. The molecule has 1 radical (unpaired) electrons. The van der Waals surface area contributed by atoms with Gasteiger partial charge < -0.3 is 0 Å². The van der Waals surface area contributed by atoms with Crippen molar-refractivity contribution in [1.82, 2.24) is 4.90 Å². The van der Waals surface area contributed by atoms with Gasteiger partial charge in [0.2, 0.25) is 0 Å². The maximum absolute atomic E-state index is 9.94. The molecule has 0 saturated carbocycles. The van der Waals surface area contributed by atoms with Crippen molar-refractivity contribution in [2.45, 2.75) is 6.92 Å². The van der Waals surface area contributed by atoms with Crippen LogP contribution >= 0.6 is 0 Å². The minimum Gasteiger partial charge on any atom is -0.262 e. The highest BCUT2D eigenvalue weighted by Gasteiger charge is 1.90. The lowest BCUT2D eigenvalue weighted by Crippen LogP contribution is -2.14. The highest BCUT2D eigenvalue weighted by atomic mass is 16.1. The molecular weight excluding hydrogens is 114 g/mol. The van der Waals surface area contributed by atoms with Crippen LogP contribution in [-0.2, 0) is 4.79 Å². The van der Waals surface area contributed by atoms with E-state index in [-0.39, 0.29) is 0 Å². The molecule has 2 heteroatoms. The molecule has 0 saturated heterocycles. The predicted molar refractivity (Wildman–Crippen MR) is 36.0 cm³/mol. The Bertz CT molecular complexity index is 152. The van der Waals surface area contributed by atoms with Crippen molar-refractivity contribution in [2.75, 3.05) is 6.54 Å². The molecule has 0 aliphatic rings. The van der Waals surface area contributed by atoms with Crippen LogP contribution in [0.2, 0.25) is 0 Å². The first-order chi connectivity index (χ1) is 4.35. The molecule has 0 heterocycles. The molecular formula is C7H8NO. The van der Waals surface area contributed by atoms with Crippen molar-refractivity contribution in [1.29, 1.82) is 0 Å². The quantitative estimate of drug-likeness (QED) is 0.303. The van der Waals surface area contributed by atoms with Crippen molar-refractivity contribution in [3.05, 3.63) is 12.7 Å². The highest BCUT2D eigenvalue weighted by molar-refractivity contribution is 5.51. The maximum atomic E-state index is 9.94. The summed E-state index contributed by atoms with van der Waals surface area (Å²) in [5.74, 6) is 2.57. The summed E-state index contributed by atoms with van der Waals surface area (Å²) in [5, 5.41) is 0. The van der Waals surface area contributed by atoms with Crippen LogP contribution < -0.4 is 0 Å². The zero-order valence-corrected chi connectivity index (χ0v) is 5.35. The van der Waals surface area contributed by atoms with Crippen LogP contribution in [0, 0.1) is 12.0 Å².